The highest BCUT2D eigenvalue weighted by Crippen LogP contribution is 2.44. The highest BCUT2D eigenvalue weighted by Gasteiger charge is 2.48. The molecule has 47 heavy (non-hydrogen) atoms. The number of phenols is 1. The second-order valence-corrected chi connectivity index (χ2v) is 11.7. The molecule has 258 valence electrons. The molecule has 2 aromatic carbocycles. The Morgan fingerprint density at radius 2 is 1.53 bits per heavy atom. The van der Waals surface area contributed by atoms with E-state index in [9.17, 15) is 30.0 Å². The number of phenolic OH excluding ortho intramolecular Hbond substituents is 1. The van der Waals surface area contributed by atoms with Crippen LogP contribution >= 0.6 is 0 Å². The van der Waals surface area contributed by atoms with Gasteiger partial charge >= 0.3 is 0 Å². The Hall–Kier alpha value is -3.84. The number of benzene rings is 2. The van der Waals surface area contributed by atoms with Gasteiger partial charge in [0.25, 0.3) is 5.91 Å². The van der Waals surface area contributed by atoms with E-state index < -0.39 is 47.8 Å². The molecule has 5 N–H and O–H groups in total. The molecule has 0 radical (unpaired) electrons. The van der Waals surface area contributed by atoms with Crippen molar-refractivity contribution in [3.8, 4) is 34.3 Å². The van der Waals surface area contributed by atoms with Crippen LogP contribution in [0.25, 0.3) is 22.3 Å². The van der Waals surface area contributed by atoms with Crippen LogP contribution in [0.2, 0.25) is 0 Å². The molecule has 12 heteroatoms. The molecule has 5 unspecified atom stereocenters. The molecule has 1 fully saturated rings. The summed E-state index contributed by atoms with van der Waals surface area (Å²) in [5.41, 5.74) is 0.0132. The van der Waals surface area contributed by atoms with Crippen molar-refractivity contribution in [2.75, 3.05) is 19.8 Å². The molecule has 1 amide bonds. The average Bonchev–Trinajstić information content (AvgIpc) is 3.06. The number of ether oxygens (including phenoxy) is 4. The number of aliphatic hydroxyl groups excluding tert-OH is 3. The maximum atomic E-state index is 13.3. The minimum Gasteiger partial charge on any atom is -0.504 e. The molecule has 1 aliphatic heterocycles. The topological polar surface area (TPSA) is 177 Å². The second-order valence-electron chi connectivity index (χ2n) is 11.7. The lowest BCUT2D eigenvalue weighted by molar-refractivity contribution is -0.267. The summed E-state index contributed by atoms with van der Waals surface area (Å²) in [5, 5.41) is 45.8. The zero-order valence-corrected chi connectivity index (χ0v) is 27.3. The minimum absolute atomic E-state index is 0.0432. The van der Waals surface area contributed by atoms with E-state index in [2.05, 4.69) is 19.2 Å². The van der Waals surface area contributed by atoms with E-state index in [-0.39, 0.29) is 34.8 Å². The van der Waals surface area contributed by atoms with Crippen LogP contribution in [0.3, 0.4) is 0 Å². The number of aromatic hydroxyl groups is 1. The number of carbonyl (C=O) groups excluding carboxylic acids is 1. The van der Waals surface area contributed by atoms with Gasteiger partial charge in [-0.2, -0.15) is 0 Å². The summed E-state index contributed by atoms with van der Waals surface area (Å²) in [7, 11) is 0. The minimum atomic E-state index is -1.79. The van der Waals surface area contributed by atoms with Crippen molar-refractivity contribution in [3.05, 3.63) is 46.6 Å². The first-order chi connectivity index (χ1) is 22.7. The van der Waals surface area contributed by atoms with E-state index in [4.69, 9.17) is 23.4 Å². The van der Waals surface area contributed by atoms with Crippen LogP contribution < -0.4 is 25.0 Å². The first kappa shape index (κ1) is 36.0. The second kappa shape index (κ2) is 17.4. The smallest absolute Gasteiger partial charge is 0.252 e. The van der Waals surface area contributed by atoms with Gasteiger partial charge in [-0.25, -0.2) is 0 Å². The highest BCUT2D eigenvalue weighted by molar-refractivity contribution is 5.89. The van der Waals surface area contributed by atoms with Gasteiger partial charge < -0.3 is 49.1 Å². The summed E-state index contributed by atoms with van der Waals surface area (Å²) < 4.78 is 29.2. The number of nitrogens with one attached hydrogen (secondary N) is 1. The molecule has 1 aliphatic rings. The predicted octanol–water partition coefficient (Wildman–Crippen LogP) is 4.41. The van der Waals surface area contributed by atoms with Crippen LogP contribution in [0, 0.1) is 0 Å². The molecule has 12 nitrogen and oxygen atoms in total. The third kappa shape index (κ3) is 8.95. The Balaban J connectivity index is 1.65. The van der Waals surface area contributed by atoms with Gasteiger partial charge in [-0.05, 0) is 43.5 Å². The van der Waals surface area contributed by atoms with Gasteiger partial charge in [0, 0.05) is 24.2 Å². The lowest BCUT2D eigenvalue weighted by Gasteiger charge is -2.39. The van der Waals surface area contributed by atoms with Gasteiger partial charge in [0.05, 0.1) is 13.2 Å². The van der Waals surface area contributed by atoms with Crippen molar-refractivity contribution in [2.24, 2.45) is 0 Å². The predicted molar refractivity (Wildman–Crippen MR) is 175 cm³/mol. The number of amides is 1. The molecule has 0 spiro atoms. The van der Waals surface area contributed by atoms with Gasteiger partial charge in [0.1, 0.15) is 40.8 Å². The standard InChI is InChI=1S/C35H47NO11/c1-4-7-10-11-16-36-34(42)33-30(40)29(39)31(41)35(47-33)46-26-20-25-27(28(38)32(26)44-18-9-6-3)23(37)19-24(45-25)21-12-14-22(15-13-21)43-17-8-5-2/h12-15,19-20,29-31,33,35,38-41H,4-11,16-18H2,1-3H3,(H,36,42). The first-order valence-corrected chi connectivity index (χ1v) is 16.5. The van der Waals surface area contributed by atoms with Crippen LogP contribution in [0.4, 0.5) is 0 Å². The Morgan fingerprint density at radius 1 is 0.851 bits per heavy atom. The Labute approximate surface area is 274 Å². The number of carbonyl (C=O) groups is 1. The Bertz CT molecular complexity index is 1510. The largest absolute Gasteiger partial charge is 0.504 e. The number of unbranched alkanes of at least 4 members (excludes halogenated alkanes) is 5. The fraction of sp³-hybridized carbons (Fsp3) is 0.543. The molecular weight excluding hydrogens is 610 g/mol. The van der Waals surface area contributed by atoms with Crippen LogP contribution in [0.5, 0.6) is 23.0 Å². The van der Waals surface area contributed by atoms with Crippen molar-refractivity contribution in [2.45, 2.75) is 103 Å². The summed E-state index contributed by atoms with van der Waals surface area (Å²) in [4.78, 5) is 26.2. The summed E-state index contributed by atoms with van der Waals surface area (Å²) in [6.45, 7) is 7.21. The monoisotopic (exact) mass is 657 g/mol. The van der Waals surface area contributed by atoms with Crippen LogP contribution in [-0.2, 0) is 9.53 Å². The van der Waals surface area contributed by atoms with E-state index in [1.807, 2.05) is 6.92 Å². The molecule has 1 aromatic heterocycles. The zero-order chi connectivity index (χ0) is 33.9. The van der Waals surface area contributed by atoms with Gasteiger partial charge in [-0.3, -0.25) is 9.59 Å². The molecule has 0 aliphatic carbocycles. The first-order valence-electron chi connectivity index (χ1n) is 16.5. The van der Waals surface area contributed by atoms with Crippen LogP contribution in [-0.4, -0.2) is 76.8 Å². The Kier molecular flexibility index (Phi) is 13.3. The number of hydrogen-bond acceptors (Lipinski definition) is 11. The maximum absolute atomic E-state index is 13.3. The van der Waals surface area contributed by atoms with E-state index in [0.29, 0.717) is 30.9 Å². The molecule has 5 atom stereocenters. The number of aliphatic hydroxyl groups is 3. The summed E-state index contributed by atoms with van der Waals surface area (Å²) in [6.07, 6.45) is -1.49. The molecule has 4 rings (SSSR count). The van der Waals surface area contributed by atoms with Gasteiger partial charge in [0.15, 0.2) is 23.0 Å². The SMILES string of the molecule is CCCCCCNC(=O)C1OC(Oc2cc3oc(-c4ccc(OCCCC)cc4)cc(=O)c3c(O)c2OCCCC)C(O)C(O)C1O. The molecular formula is C35H47NO11. The third-order valence-electron chi connectivity index (χ3n) is 7.96. The quantitative estimate of drug-likeness (QED) is 0.130. The van der Waals surface area contributed by atoms with Crippen molar-refractivity contribution >= 4 is 16.9 Å². The Morgan fingerprint density at radius 3 is 2.21 bits per heavy atom. The van der Waals surface area contributed by atoms with Gasteiger partial charge in [0.2, 0.25) is 12.0 Å². The number of hydrogen-bond donors (Lipinski definition) is 5. The maximum Gasteiger partial charge on any atom is 0.252 e. The number of fused-ring (bicyclic) bond motifs is 1. The number of rotatable bonds is 17. The van der Waals surface area contributed by atoms with Gasteiger partial charge in [-0.15, -0.1) is 0 Å². The fourth-order valence-electron chi connectivity index (χ4n) is 5.15. The van der Waals surface area contributed by atoms with E-state index >= 15 is 0 Å². The van der Waals surface area contributed by atoms with E-state index in [0.717, 1.165) is 44.9 Å². The molecule has 3 aromatic rings. The van der Waals surface area contributed by atoms with E-state index in [1.165, 1.54) is 12.1 Å². The molecule has 1 saturated heterocycles. The van der Waals surface area contributed by atoms with Crippen molar-refractivity contribution < 1.29 is 48.6 Å². The van der Waals surface area contributed by atoms with Crippen molar-refractivity contribution in [3.63, 3.8) is 0 Å². The third-order valence-corrected chi connectivity index (χ3v) is 7.96. The summed E-state index contributed by atoms with van der Waals surface area (Å²) >= 11 is 0. The lowest BCUT2D eigenvalue weighted by Crippen LogP contribution is -2.62. The average molecular weight is 658 g/mol. The van der Waals surface area contributed by atoms with Crippen molar-refractivity contribution in [1.82, 2.24) is 5.32 Å². The van der Waals surface area contributed by atoms with Crippen molar-refractivity contribution in [1.29, 1.82) is 0 Å². The van der Waals surface area contributed by atoms with Crippen LogP contribution in [0.15, 0.2) is 45.6 Å². The van der Waals surface area contributed by atoms with Crippen LogP contribution in [0.1, 0.15) is 72.1 Å². The normalized spacial score (nSPS) is 21.0. The molecule has 2 heterocycles. The van der Waals surface area contributed by atoms with E-state index in [1.54, 1.807) is 24.3 Å². The fourth-order valence-corrected chi connectivity index (χ4v) is 5.15. The summed E-state index contributed by atoms with van der Waals surface area (Å²) in [6, 6.07) is 9.62. The molecule has 0 bridgehead atoms. The lowest BCUT2D eigenvalue weighted by atomic mass is 9.98. The summed E-state index contributed by atoms with van der Waals surface area (Å²) in [5.74, 6) is -0.692. The highest BCUT2D eigenvalue weighted by atomic mass is 16.7. The van der Waals surface area contributed by atoms with Gasteiger partial charge in [-0.1, -0.05) is 52.9 Å². The zero-order valence-electron chi connectivity index (χ0n) is 27.3. The molecule has 0 saturated carbocycles.